The number of aliphatic hydroxyl groups is 2. The molecule has 0 aliphatic heterocycles. The van der Waals surface area contributed by atoms with E-state index >= 15 is 0 Å². The number of hydrogen-bond donors (Lipinski definition) is 2. The number of hydrogen-bond acceptors (Lipinski definition) is 4. The standard InChI is InChI=1S/C12H13NO2S/c14-6-5-9-1-3-10(4-2-9)12-11(7-15)13-8-16-12/h1-4,8,14-15H,5-7H2. The van der Waals surface area contributed by atoms with Crippen LogP contribution in [0.1, 0.15) is 11.3 Å². The normalized spacial score (nSPS) is 10.6. The molecule has 2 N–H and O–H groups in total. The van der Waals surface area contributed by atoms with Gasteiger partial charge in [0.15, 0.2) is 0 Å². The molecule has 2 aromatic rings. The van der Waals surface area contributed by atoms with Crippen LogP contribution in [0.2, 0.25) is 0 Å². The topological polar surface area (TPSA) is 53.4 Å². The third-order valence-electron chi connectivity index (χ3n) is 2.41. The lowest BCUT2D eigenvalue weighted by atomic mass is 10.1. The van der Waals surface area contributed by atoms with E-state index in [2.05, 4.69) is 4.98 Å². The molecule has 0 aliphatic carbocycles. The molecular weight excluding hydrogens is 222 g/mol. The Hall–Kier alpha value is -1.23. The molecule has 1 aromatic carbocycles. The van der Waals surface area contributed by atoms with Gasteiger partial charge in [-0.05, 0) is 17.5 Å². The van der Waals surface area contributed by atoms with Crippen LogP contribution in [-0.2, 0) is 13.0 Å². The van der Waals surface area contributed by atoms with E-state index in [0.29, 0.717) is 6.42 Å². The zero-order valence-electron chi connectivity index (χ0n) is 8.76. The van der Waals surface area contributed by atoms with E-state index in [0.717, 1.165) is 21.7 Å². The summed E-state index contributed by atoms with van der Waals surface area (Å²) < 4.78 is 0. The summed E-state index contributed by atoms with van der Waals surface area (Å²) in [6, 6.07) is 7.98. The summed E-state index contributed by atoms with van der Waals surface area (Å²) >= 11 is 1.53. The molecule has 0 radical (unpaired) electrons. The van der Waals surface area contributed by atoms with E-state index in [9.17, 15) is 0 Å². The molecule has 0 bridgehead atoms. The number of benzene rings is 1. The van der Waals surface area contributed by atoms with E-state index in [1.54, 1.807) is 5.51 Å². The van der Waals surface area contributed by atoms with Gasteiger partial charge in [0.2, 0.25) is 0 Å². The summed E-state index contributed by atoms with van der Waals surface area (Å²) in [5.41, 5.74) is 4.64. The van der Waals surface area contributed by atoms with Gasteiger partial charge in [0.05, 0.1) is 22.7 Å². The molecule has 0 atom stereocenters. The number of aromatic nitrogens is 1. The Morgan fingerprint density at radius 2 is 1.88 bits per heavy atom. The molecule has 0 saturated carbocycles. The third-order valence-corrected chi connectivity index (χ3v) is 3.33. The zero-order chi connectivity index (χ0) is 11.4. The highest BCUT2D eigenvalue weighted by molar-refractivity contribution is 7.13. The summed E-state index contributed by atoms with van der Waals surface area (Å²) in [6.07, 6.45) is 0.676. The van der Waals surface area contributed by atoms with E-state index in [4.69, 9.17) is 10.2 Å². The molecule has 0 saturated heterocycles. The minimum atomic E-state index is -0.0305. The van der Waals surface area contributed by atoms with Crippen molar-refractivity contribution in [3.63, 3.8) is 0 Å². The number of nitrogens with zero attached hydrogens (tertiary/aromatic N) is 1. The molecule has 0 amide bonds. The van der Waals surface area contributed by atoms with E-state index in [1.807, 2.05) is 24.3 Å². The van der Waals surface area contributed by atoms with Gasteiger partial charge < -0.3 is 10.2 Å². The fraction of sp³-hybridized carbons (Fsp3) is 0.250. The van der Waals surface area contributed by atoms with Gasteiger partial charge in [-0.15, -0.1) is 11.3 Å². The van der Waals surface area contributed by atoms with Gasteiger partial charge in [-0.25, -0.2) is 4.98 Å². The maximum Gasteiger partial charge on any atom is 0.0867 e. The monoisotopic (exact) mass is 235 g/mol. The summed E-state index contributed by atoms with van der Waals surface area (Å²) in [4.78, 5) is 5.11. The van der Waals surface area contributed by atoms with Crippen molar-refractivity contribution in [1.82, 2.24) is 4.98 Å². The van der Waals surface area contributed by atoms with Crippen molar-refractivity contribution in [1.29, 1.82) is 0 Å². The Morgan fingerprint density at radius 3 is 2.50 bits per heavy atom. The Balaban J connectivity index is 2.27. The first-order valence-electron chi connectivity index (χ1n) is 5.08. The maximum atomic E-state index is 9.12. The lowest BCUT2D eigenvalue weighted by molar-refractivity contribution is 0.278. The van der Waals surface area contributed by atoms with Crippen LogP contribution in [-0.4, -0.2) is 21.8 Å². The molecule has 0 unspecified atom stereocenters. The quantitative estimate of drug-likeness (QED) is 0.850. The van der Waals surface area contributed by atoms with Crippen molar-refractivity contribution in [2.24, 2.45) is 0 Å². The van der Waals surface area contributed by atoms with Crippen LogP contribution >= 0.6 is 11.3 Å². The van der Waals surface area contributed by atoms with Gasteiger partial charge in [0, 0.05) is 6.61 Å². The minimum Gasteiger partial charge on any atom is -0.396 e. The number of thiazole rings is 1. The first kappa shape index (κ1) is 11.3. The van der Waals surface area contributed by atoms with Crippen molar-refractivity contribution >= 4 is 11.3 Å². The van der Waals surface area contributed by atoms with Crippen LogP contribution < -0.4 is 0 Å². The molecule has 1 heterocycles. The molecule has 0 spiro atoms. The van der Waals surface area contributed by atoms with E-state index < -0.39 is 0 Å². The van der Waals surface area contributed by atoms with Gasteiger partial charge >= 0.3 is 0 Å². The third kappa shape index (κ3) is 2.29. The Morgan fingerprint density at radius 1 is 1.12 bits per heavy atom. The fourth-order valence-corrected chi connectivity index (χ4v) is 2.38. The van der Waals surface area contributed by atoms with E-state index in [1.165, 1.54) is 11.3 Å². The molecule has 84 valence electrons. The van der Waals surface area contributed by atoms with Crippen LogP contribution in [0, 0.1) is 0 Å². The maximum absolute atomic E-state index is 9.12. The molecule has 2 rings (SSSR count). The van der Waals surface area contributed by atoms with Crippen molar-refractivity contribution in [3.8, 4) is 10.4 Å². The highest BCUT2D eigenvalue weighted by Crippen LogP contribution is 2.27. The van der Waals surface area contributed by atoms with Crippen LogP contribution in [0.3, 0.4) is 0 Å². The van der Waals surface area contributed by atoms with Gasteiger partial charge in [0.25, 0.3) is 0 Å². The number of rotatable bonds is 4. The fourth-order valence-electron chi connectivity index (χ4n) is 1.57. The summed E-state index contributed by atoms with van der Waals surface area (Å²) in [7, 11) is 0. The van der Waals surface area contributed by atoms with Crippen LogP contribution in [0.25, 0.3) is 10.4 Å². The summed E-state index contributed by atoms with van der Waals surface area (Å²) in [6.45, 7) is 0.138. The molecular formula is C12H13NO2S. The lowest BCUT2D eigenvalue weighted by Gasteiger charge is -2.02. The highest BCUT2D eigenvalue weighted by atomic mass is 32.1. The van der Waals surface area contributed by atoms with Crippen LogP contribution in [0.4, 0.5) is 0 Å². The van der Waals surface area contributed by atoms with Crippen molar-refractivity contribution < 1.29 is 10.2 Å². The first-order chi connectivity index (χ1) is 7.85. The van der Waals surface area contributed by atoms with Gasteiger partial charge in [-0.3, -0.25) is 0 Å². The van der Waals surface area contributed by atoms with Gasteiger partial charge in [0.1, 0.15) is 0 Å². The minimum absolute atomic E-state index is 0.0305. The smallest absolute Gasteiger partial charge is 0.0867 e. The largest absolute Gasteiger partial charge is 0.396 e. The summed E-state index contributed by atoms with van der Waals surface area (Å²) in [5.74, 6) is 0. The SMILES string of the molecule is OCCc1ccc(-c2scnc2CO)cc1. The van der Waals surface area contributed by atoms with Crippen LogP contribution in [0.5, 0.6) is 0 Å². The molecule has 4 heteroatoms. The van der Waals surface area contributed by atoms with Gasteiger partial charge in [-0.1, -0.05) is 24.3 Å². The predicted molar refractivity (Wildman–Crippen MR) is 64.3 cm³/mol. The molecule has 1 aromatic heterocycles. The molecule has 16 heavy (non-hydrogen) atoms. The van der Waals surface area contributed by atoms with Gasteiger partial charge in [-0.2, -0.15) is 0 Å². The van der Waals surface area contributed by atoms with Crippen molar-refractivity contribution in [2.45, 2.75) is 13.0 Å². The second-order valence-electron chi connectivity index (χ2n) is 3.46. The first-order valence-corrected chi connectivity index (χ1v) is 5.96. The molecule has 0 fully saturated rings. The Kier molecular flexibility index (Phi) is 3.66. The second kappa shape index (κ2) is 5.21. The Labute approximate surface area is 98.0 Å². The second-order valence-corrected chi connectivity index (χ2v) is 4.31. The molecule has 3 nitrogen and oxygen atoms in total. The molecule has 0 aliphatic rings. The lowest BCUT2D eigenvalue weighted by Crippen LogP contribution is -1.90. The van der Waals surface area contributed by atoms with Crippen LogP contribution in [0.15, 0.2) is 29.8 Å². The van der Waals surface area contributed by atoms with E-state index in [-0.39, 0.29) is 13.2 Å². The average Bonchev–Trinajstić information content (AvgIpc) is 2.78. The van der Waals surface area contributed by atoms with Crippen molar-refractivity contribution in [3.05, 3.63) is 41.0 Å². The zero-order valence-corrected chi connectivity index (χ0v) is 9.57. The van der Waals surface area contributed by atoms with Crippen molar-refractivity contribution in [2.75, 3.05) is 6.61 Å². The predicted octanol–water partition coefficient (Wildman–Crippen LogP) is 1.84. The Bertz CT molecular complexity index is 450. The summed E-state index contributed by atoms with van der Waals surface area (Å²) in [5, 5.41) is 17.9. The highest BCUT2D eigenvalue weighted by Gasteiger charge is 2.07. The number of aliphatic hydroxyl groups excluding tert-OH is 2. The average molecular weight is 235 g/mol.